The van der Waals surface area contributed by atoms with Crippen LogP contribution in [0.25, 0.3) is 11.3 Å². The number of phenols is 1. The van der Waals surface area contributed by atoms with Gasteiger partial charge in [0, 0.05) is 18.7 Å². The maximum atomic E-state index is 11.9. The first-order valence-corrected chi connectivity index (χ1v) is 8.84. The summed E-state index contributed by atoms with van der Waals surface area (Å²) in [6.45, 7) is 3.75. The Morgan fingerprint density at radius 3 is 2.72 bits per heavy atom. The number of carbonyl (C=O) groups is 1. The molecule has 0 spiro atoms. The van der Waals surface area contributed by atoms with Crippen LogP contribution in [0.4, 0.5) is 5.82 Å². The average Bonchev–Trinajstić information content (AvgIpc) is 2.64. The van der Waals surface area contributed by atoms with Crippen molar-refractivity contribution in [1.82, 2.24) is 4.98 Å². The number of nitrogens with zero attached hydrogens (tertiary/aromatic N) is 2. The number of hydrogen-bond donors (Lipinski definition) is 1. The van der Waals surface area contributed by atoms with Crippen LogP contribution in [0.5, 0.6) is 5.75 Å². The Kier molecular flexibility index (Phi) is 5.43. The van der Waals surface area contributed by atoms with Gasteiger partial charge in [0.25, 0.3) is 0 Å². The lowest BCUT2D eigenvalue weighted by molar-refractivity contribution is -0.148. The van der Waals surface area contributed by atoms with Crippen LogP contribution >= 0.6 is 11.6 Å². The highest BCUT2D eigenvalue weighted by atomic mass is 35.5. The van der Waals surface area contributed by atoms with E-state index in [4.69, 9.17) is 16.3 Å². The lowest BCUT2D eigenvalue weighted by atomic mass is 9.97. The second-order valence-corrected chi connectivity index (χ2v) is 6.44. The van der Waals surface area contributed by atoms with Crippen LogP contribution in [0, 0.1) is 5.92 Å². The van der Waals surface area contributed by atoms with E-state index < -0.39 is 0 Å². The van der Waals surface area contributed by atoms with Crippen LogP contribution in [-0.2, 0) is 9.53 Å². The van der Waals surface area contributed by atoms with E-state index in [0.29, 0.717) is 22.9 Å². The number of halogens is 1. The number of aromatic hydroxyl groups is 1. The number of pyridine rings is 1. The molecule has 2 heterocycles. The summed E-state index contributed by atoms with van der Waals surface area (Å²) in [5, 5.41) is 10.5. The number of benzene rings is 1. The molecule has 1 aromatic carbocycles. The van der Waals surface area contributed by atoms with Crippen molar-refractivity contribution in [1.29, 1.82) is 0 Å². The molecule has 0 amide bonds. The number of hydrogen-bond acceptors (Lipinski definition) is 5. The molecule has 1 aromatic heterocycles. The molecular weight excluding hydrogens is 340 g/mol. The van der Waals surface area contributed by atoms with Crippen molar-refractivity contribution in [2.24, 2.45) is 5.92 Å². The highest BCUT2D eigenvalue weighted by molar-refractivity contribution is 6.32. The molecule has 0 radical (unpaired) electrons. The Labute approximate surface area is 152 Å². The first kappa shape index (κ1) is 17.5. The second kappa shape index (κ2) is 7.74. The molecule has 0 aliphatic carbocycles. The molecule has 3 rings (SSSR count). The summed E-state index contributed by atoms with van der Waals surface area (Å²) in [5.41, 5.74) is 1.28. The van der Waals surface area contributed by atoms with Gasteiger partial charge >= 0.3 is 5.97 Å². The summed E-state index contributed by atoms with van der Waals surface area (Å²) < 4.78 is 5.11. The van der Waals surface area contributed by atoms with Crippen molar-refractivity contribution < 1.29 is 14.6 Å². The van der Waals surface area contributed by atoms with Crippen molar-refractivity contribution in [3.8, 4) is 17.0 Å². The summed E-state index contributed by atoms with van der Waals surface area (Å²) in [5.74, 6) is 0.734. The van der Waals surface area contributed by atoms with Gasteiger partial charge in [0.2, 0.25) is 0 Å². The Balaban J connectivity index is 1.75. The van der Waals surface area contributed by atoms with E-state index in [-0.39, 0.29) is 17.6 Å². The standard InChI is InChI=1S/C19H21ClN2O3/c1-2-25-19(24)13-9-11-22(12-10-13)17-8-4-7-16(21-17)14-5-3-6-15(20)18(14)23/h3-8,13,23H,2,9-12H2,1H3. The van der Waals surface area contributed by atoms with E-state index in [1.807, 2.05) is 25.1 Å². The van der Waals surface area contributed by atoms with Crippen LogP contribution < -0.4 is 4.90 Å². The normalized spacial score (nSPS) is 15.2. The maximum absolute atomic E-state index is 11.9. The minimum atomic E-state index is -0.104. The van der Waals surface area contributed by atoms with Crippen molar-refractivity contribution >= 4 is 23.4 Å². The summed E-state index contributed by atoms with van der Waals surface area (Å²) in [6.07, 6.45) is 1.51. The number of para-hydroxylation sites is 1. The van der Waals surface area contributed by atoms with Crippen LogP contribution in [-0.4, -0.2) is 35.8 Å². The van der Waals surface area contributed by atoms with Gasteiger partial charge < -0.3 is 14.7 Å². The molecule has 6 heteroatoms. The summed E-state index contributed by atoms with van der Waals surface area (Å²) in [7, 11) is 0. The second-order valence-electron chi connectivity index (χ2n) is 6.03. The fraction of sp³-hybridized carbons (Fsp3) is 0.368. The molecule has 0 unspecified atom stereocenters. The van der Waals surface area contributed by atoms with E-state index in [0.717, 1.165) is 31.7 Å². The van der Waals surface area contributed by atoms with Crippen LogP contribution in [0.2, 0.25) is 5.02 Å². The number of esters is 1. The molecule has 5 nitrogen and oxygen atoms in total. The van der Waals surface area contributed by atoms with Gasteiger partial charge in [-0.3, -0.25) is 4.79 Å². The molecule has 1 aliphatic rings. The Hall–Kier alpha value is -2.27. The lowest BCUT2D eigenvalue weighted by Crippen LogP contribution is -2.37. The van der Waals surface area contributed by atoms with E-state index in [2.05, 4.69) is 9.88 Å². The molecular formula is C19H21ClN2O3. The molecule has 0 bridgehead atoms. The molecule has 0 atom stereocenters. The van der Waals surface area contributed by atoms with Gasteiger partial charge in [-0.15, -0.1) is 0 Å². The fourth-order valence-corrected chi connectivity index (χ4v) is 3.25. The molecule has 2 aromatic rings. The van der Waals surface area contributed by atoms with E-state index in [1.165, 1.54) is 0 Å². The van der Waals surface area contributed by atoms with Gasteiger partial charge in [-0.1, -0.05) is 23.7 Å². The number of carbonyl (C=O) groups excluding carboxylic acids is 1. The molecule has 0 saturated carbocycles. The molecule has 1 saturated heterocycles. The van der Waals surface area contributed by atoms with Gasteiger partial charge in [-0.25, -0.2) is 4.98 Å². The minimum absolute atomic E-state index is 0.0312. The number of rotatable bonds is 4. The number of anilines is 1. The van der Waals surface area contributed by atoms with Gasteiger partial charge in [0.05, 0.1) is 23.2 Å². The van der Waals surface area contributed by atoms with Gasteiger partial charge in [-0.2, -0.15) is 0 Å². The third-order valence-electron chi connectivity index (χ3n) is 4.44. The molecule has 132 valence electrons. The summed E-state index contributed by atoms with van der Waals surface area (Å²) in [4.78, 5) is 18.7. The third kappa shape index (κ3) is 3.87. The van der Waals surface area contributed by atoms with Crippen molar-refractivity contribution in [3.63, 3.8) is 0 Å². The molecule has 1 aliphatic heterocycles. The summed E-state index contributed by atoms with van der Waals surface area (Å²) in [6, 6.07) is 10.9. The Morgan fingerprint density at radius 2 is 2.00 bits per heavy atom. The minimum Gasteiger partial charge on any atom is -0.506 e. The fourth-order valence-electron chi connectivity index (χ4n) is 3.08. The quantitative estimate of drug-likeness (QED) is 0.838. The van der Waals surface area contributed by atoms with E-state index in [9.17, 15) is 9.90 Å². The van der Waals surface area contributed by atoms with Crippen LogP contribution in [0.3, 0.4) is 0 Å². The first-order valence-electron chi connectivity index (χ1n) is 8.46. The van der Waals surface area contributed by atoms with Gasteiger partial charge in [0.15, 0.2) is 0 Å². The number of ether oxygens (including phenoxy) is 1. The van der Waals surface area contributed by atoms with E-state index >= 15 is 0 Å². The van der Waals surface area contributed by atoms with Gasteiger partial charge in [0.1, 0.15) is 11.6 Å². The zero-order chi connectivity index (χ0) is 17.8. The van der Waals surface area contributed by atoms with Crippen molar-refractivity contribution in [3.05, 3.63) is 41.4 Å². The lowest BCUT2D eigenvalue weighted by Gasteiger charge is -2.31. The van der Waals surface area contributed by atoms with Gasteiger partial charge in [-0.05, 0) is 44.0 Å². The van der Waals surface area contributed by atoms with Crippen LogP contribution in [0.1, 0.15) is 19.8 Å². The number of piperidine rings is 1. The van der Waals surface area contributed by atoms with E-state index in [1.54, 1.807) is 18.2 Å². The third-order valence-corrected chi connectivity index (χ3v) is 4.74. The van der Waals surface area contributed by atoms with Crippen LogP contribution in [0.15, 0.2) is 36.4 Å². The Bertz CT molecular complexity index is 758. The highest BCUT2D eigenvalue weighted by Crippen LogP contribution is 2.35. The predicted molar refractivity (Wildman–Crippen MR) is 97.9 cm³/mol. The van der Waals surface area contributed by atoms with Crippen molar-refractivity contribution in [2.75, 3.05) is 24.6 Å². The predicted octanol–water partition coefficient (Wildman–Crippen LogP) is 3.89. The SMILES string of the molecule is CCOC(=O)C1CCN(c2cccc(-c3cccc(Cl)c3O)n2)CC1. The average molecular weight is 361 g/mol. The molecule has 1 fully saturated rings. The Morgan fingerprint density at radius 1 is 1.28 bits per heavy atom. The number of phenolic OH excluding ortho intramolecular Hbond substituents is 1. The zero-order valence-electron chi connectivity index (χ0n) is 14.1. The largest absolute Gasteiger partial charge is 0.506 e. The molecule has 1 N–H and O–H groups in total. The first-order chi connectivity index (χ1) is 12.1. The topological polar surface area (TPSA) is 62.7 Å². The summed E-state index contributed by atoms with van der Waals surface area (Å²) >= 11 is 5.99. The monoisotopic (exact) mass is 360 g/mol. The molecule has 25 heavy (non-hydrogen) atoms. The zero-order valence-corrected chi connectivity index (χ0v) is 14.9. The highest BCUT2D eigenvalue weighted by Gasteiger charge is 2.26. The maximum Gasteiger partial charge on any atom is 0.309 e. The number of aromatic nitrogens is 1. The van der Waals surface area contributed by atoms with Crippen molar-refractivity contribution in [2.45, 2.75) is 19.8 Å². The smallest absolute Gasteiger partial charge is 0.309 e.